The molecule has 1 atom stereocenters. The molecule has 9 heteroatoms. The van der Waals surface area contributed by atoms with Crippen molar-refractivity contribution in [2.75, 3.05) is 10.6 Å². The highest BCUT2D eigenvalue weighted by molar-refractivity contribution is 7.92. The van der Waals surface area contributed by atoms with Gasteiger partial charge in [0.1, 0.15) is 17.7 Å². The molecule has 2 aromatic carbocycles. The molecule has 0 spiro atoms. The lowest BCUT2D eigenvalue weighted by molar-refractivity contribution is -0.122. The second-order valence-corrected chi connectivity index (χ2v) is 8.19. The minimum Gasteiger partial charge on any atom is -0.350 e. The van der Waals surface area contributed by atoms with Crippen LogP contribution in [0.4, 0.5) is 14.5 Å². The highest BCUT2D eigenvalue weighted by Gasteiger charge is 2.31. The van der Waals surface area contributed by atoms with Gasteiger partial charge in [-0.3, -0.25) is 9.10 Å². The zero-order valence-electron chi connectivity index (χ0n) is 14.7. The van der Waals surface area contributed by atoms with Crippen molar-refractivity contribution in [2.24, 2.45) is 0 Å². The molecule has 0 unspecified atom stereocenters. The van der Waals surface area contributed by atoms with Gasteiger partial charge >= 0.3 is 0 Å². The molecule has 0 aliphatic carbocycles. The molecule has 27 heavy (non-hydrogen) atoms. The van der Waals surface area contributed by atoms with E-state index in [0.717, 1.165) is 22.7 Å². The molecule has 146 valence electrons. The van der Waals surface area contributed by atoms with E-state index in [1.807, 2.05) is 0 Å². The lowest BCUT2D eigenvalue weighted by atomic mass is 10.1. The first kappa shape index (κ1) is 21.1. The van der Waals surface area contributed by atoms with E-state index in [0.29, 0.717) is 5.56 Å². The molecule has 0 aliphatic heterocycles. The number of rotatable bonds is 7. The summed E-state index contributed by atoms with van der Waals surface area (Å²) in [7, 11) is -3.85. The van der Waals surface area contributed by atoms with Crippen LogP contribution in [0.25, 0.3) is 0 Å². The summed E-state index contributed by atoms with van der Waals surface area (Å²) in [5.41, 5.74) is 0.753. The number of nitrogens with zero attached hydrogens (tertiary/aromatic N) is 1. The lowest BCUT2D eigenvalue weighted by Crippen LogP contribution is -2.49. The van der Waals surface area contributed by atoms with Gasteiger partial charge in [-0.1, -0.05) is 30.7 Å². The Hall–Kier alpha value is -2.19. The Kier molecular flexibility index (Phi) is 6.78. The predicted molar refractivity (Wildman–Crippen MR) is 101 cm³/mol. The molecule has 0 radical (unpaired) electrons. The molecule has 2 rings (SSSR count). The third-order valence-corrected chi connectivity index (χ3v) is 5.34. The number of carbonyl (C=O) groups is 1. The van der Waals surface area contributed by atoms with Crippen LogP contribution in [-0.4, -0.2) is 26.6 Å². The van der Waals surface area contributed by atoms with Crippen molar-refractivity contribution in [3.8, 4) is 0 Å². The van der Waals surface area contributed by atoms with Crippen molar-refractivity contribution in [1.29, 1.82) is 0 Å². The minimum atomic E-state index is -3.85. The third-order valence-electron chi connectivity index (χ3n) is 3.87. The van der Waals surface area contributed by atoms with Crippen molar-refractivity contribution < 1.29 is 22.0 Å². The maximum absolute atomic E-state index is 13.4. The molecule has 0 heterocycles. The number of anilines is 1. The number of benzene rings is 2. The van der Waals surface area contributed by atoms with Gasteiger partial charge in [0.2, 0.25) is 15.9 Å². The average Bonchev–Trinajstić information content (AvgIpc) is 2.60. The number of nitrogens with one attached hydrogen (secondary N) is 1. The van der Waals surface area contributed by atoms with E-state index in [2.05, 4.69) is 5.32 Å². The van der Waals surface area contributed by atoms with Gasteiger partial charge in [-0.05, 0) is 42.3 Å². The van der Waals surface area contributed by atoms with E-state index in [9.17, 15) is 22.0 Å². The molecule has 5 nitrogen and oxygen atoms in total. The van der Waals surface area contributed by atoms with Crippen molar-refractivity contribution in [3.63, 3.8) is 0 Å². The third kappa shape index (κ3) is 5.40. The molecule has 2 aromatic rings. The van der Waals surface area contributed by atoms with Crippen LogP contribution in [0.2, 0.25) is 5.02 Å². The monoisotopic (exact) mass is 416 g/mol. The van der Waals surface area contributed by atoms with E-state index >= 15 is 0 Å². The van der Waals surface area contributed by atoms with Crippen molar-refractivity contribution in [2.45, 2.75) is 25.9 Å². The zero-order chi connectivity index (χ0) is 20.2. The highest BCUT2D eigenvalue weighted by Crippen LogP contribution is 2.27. The molecule has 0 aromatic heterocycles. The molecule has 0 saturated heterocycles. The average molecular weight is 417 g/mol. The van der Waals surface area contributed by atoms with Gasteiger partial charge < -0.3 is 5.32 Å². The molecular formula is C18H19ClF2N2O3S. The molecule has 0 saturated carbocycles. The largest absolute Gasteiger partial charge is 0.350 e. The summed E-state index contributed by atoms with van der Waals surface area (Å²) >= 11 is 5.76. The van der Waals surface area contributed by atoms with E-state index in [4.69, 9.17) is 11.6 Å². The molecule has 0 bridgehead atoms. The lowest BCUT2D eigenvalue weighted by Gasteiger charge is -2.30. The first-order chi connectivity index (χ1) is 12.6. The van der Waals surface area contributed by atoms with Crippen molar-refractivity contribution in [1.82, 2.24) is 5.32 Å². The maximum atomic E-state index is 13.4. The fraction of sp³-hybridized carbons (Fsp3) is 0.278. The van der Waals surface area contributed by atoms with Gasteiger partial charge in [0.15, 0.2) is 0 Å². The molecule has 0 aliphatic rings. The summed E-state index contributed by atoms with van der Waals surface area (Å²) in [6, 6.07) is 7.96. The zero-order valence-corrected chi connectivity index (χ0v) is 16.3. The summed E-state index contributed by atoms with van der Waals surface area (Å²) in [5, 5.41) is 2.40. The Labute approximate surface area is 162 Å². The number of carbonyl (C=O) groups excluding carboxylic acids is 1. The van der Waals surface area contributed by atoms with Gasteiger partial charge in [0, 0.05) is 6.54 Å². The predicted octanol–water partition coefficient (Wildman–Crippen LogP) is 3.48. The topological polar surface area (TPSA) is 66.5 Å². The summed E-state index contributed by atoms with van der Waals surface area (Å²) in [5.74, 6) is -1.62. The molecular weight excluding hydrogens is 398 g/mol. The first-order valence-corrected chi connectivity index (χ1v) is 10.3. The van der Waals surface area contributed by atoms with E-state index in [1.54, 1.807) is 6.92 Å². The highest BCUT2D eigenvalue weighted by atomic mass is 35.5. The van der Waals surface area contributed by atoms with E-state index in [-0.39, 0.29) is 23.7 Å². The molecule has 0 fully saturated rings. The van der Waals surface area contributed by atoms with Gasteiger partial charge in [-0.15, -0.1) is 0 Å². The SMILES string of the molecule is CC[C@@H](C(=O)NCc1ccc(F)cc1)N(c1ccc(F)c(Cl)c1)S(C)(=O)=O. The number of amides is 1. The van der Waals surface area contributed by atoms with Gasteiger partial charge in [0.25, 0.3) is 0 Å². The summed E-state index contributed by atoms with van der Waals surface area (Å²) in [6.07, 6.45) is 1.14. The number of sulfonamides is 1. The second-order valence-electron chi connectivity index (χ2n) is 5.93. The minimum absolute atomic E-state index is 0.0904. The smallest absolute Gasteiger partial charge is 0.244 e. The Morgan fingerprint density at radius 1 is 1.19 bits per heavy atom. The van der Waals surface area contributed by atoms with Crippen LogP contribution in [0.5, 0.6) is 0 Å². The molecule has 1 N–H and O–H groups in total. The van der Waals surface area contributed by atoms with E-state index in [1.165, 1.54) is 30.3 Å². The Balaban J connectivity index is 2.27. The van der Waals surface area contributed by atoms with Crippen LogP contribution in [-0.2, 0) is 21.4 Å². The maximum Gasteiger partial charge on any atom is 0.244 e. The number of hydrogen-bond acceptors (Lipinski definition) is 3. The van der Waals surface area contributed by atoms with Gasteiger partial charge in [0.05, 0.1) is 17.0 Å². The number of halogens is 3. The second kappa shape index (κ2) is 8.67. The fourth-order valence-corrected chi connectivity index (χ4v) is 3.97. The first-order valence-electron chi connectivity index (χ1n) is 8.10. The van der Waals surface area contributed by atoms with Crippen LogP contribution < -0.4 is 9.62 Å². The Morgan fingerprint density at radius 2 is 1.81 bits per heavy atom. The van der Waals surface area contributed by atoms with E-state index < -0.39 is 33.6 Å². The summed E-state index contributed by atoms with van der Waals surface area (Å²) in [6.45, 7) is 1.77. The summed E-state index contributed by atoms with van der Waals surface area (Å²) in [4.78, 5) is 12.6. The fourth-order valence-electron chi connectivity index (χ4n) is 2.59. The standard InChI is InChI=1S/C18H19ClF2N2O3S/c1-3-17(18(24)22-11-12-4-6-13(20)7-5-12)23(27(2,25)26)14-8-9-16(21)15(19)10-14/h4-10,17H,3,11H2,1-2H3,(H,22,24)/t17-/m0/s1. The van der Waals surface area contributed by atoms with Crippen LogP contribution in [0, 0.1) is 11.6 Å². The van der Waals surface area contributed by atoms with Gasteiger partial charge in [-0.25, -0.2) is 17.2 Å². The summed E-state index contributed by atoms with van der Waals surface area (Å²) < 4.78 is 51.9. The van der Waals surface area contributed by atoms with Crippen molar-refractivity contribution in [3.05, 3.63) is 64.7 Å². The quantitative estimate of drug-likeness (QED) is 0.751. The Morgan fingerprint density at radius 3 is 2.33 bits per heavy atom. The van der Waals surface area contributed by atoms with Gasteiger partial charge in [-0.2, -0.15) is 0 Å². The van der Waals surface area contributed by atoms with Crippen LogP contribution in [0.3, 0.4) is 0 Å². The Bertz CT molecular complexity index is 921. The number of hydrogen-bond donors (Lipinski definition) is 1. The van der Waals surface area contributed by atoms with Crippen LogP contribution in [0.1, 0.15) is 18.9 Å². The van der Waals surface area contributed by atoms with Crippen molar-refractivity contribution >= 4 is 33.2 Å². The van der Waals surface area contributed by atoms with Crippen LogP contribution >= 0.6 is 11.6 Å². The normalized spacial score (nSPS) is 12.5. The van der Waals surface area contributed by atoms with Crippen LogP contribution in [0.15, 0.2) is 42.5 Å². The molecule has 1 amide bonds.